The third kappa shape index (κ3) is 4.26. The van der Waals surface area contributed by atoms with E-state index in [4.69, 9.17) is 9.15 Å². The first-order valence-corrected chi connectivity index (χ1v) is 10.8. The lowest BCUT2D eigenvalue weighted by Crippen LogP contribution is -2.28. The molecule has 1 amide bonds. The van der Waals surface area contributed by atoms with Gasteiger partial charge < -0.3 is 14.5 Å². The molecule has 0 radical (unpaired) electrons. The largest absolute Gasteiger partial charge is 0.448 e. The summed E-state index contributed by atoms with van der Waals surface area (Å²) in [7, 11) is 0. The Morgan fingerprint density at radius 1 is 1.03 bits per heavy atom. The molecule has 160 valence electrons. The van der Waals surface area contributed by atoms with Gasteiger partial charge in [-0.2, -0.15) is 0 Å². The van der Waals surface area contributed by atoms with E-state index in [1.807, 2.05) is 6.07 Å². The Kier molecular flexibility index (Phi) is 5.55. The zero-order chi connectivity index (χ0) is 21.2. The Hall–Kier alpha value is -2.99. The molecule has 5 rings (SSSR count). The summed E-state index contributed by atoms with van der Waals surface area (Å²) >= 11 is 0. The van der Waals surface area contributed by atoms with E-state index in [9.17, 15) is 9.18 Å². The van der Waals surface area contributed by atoms with Crippen molar-refractivity contribution in [1.82, 2.24) is 10.3 Å². The number of fused-ring (bicyclic) bond motifs is 2. The second kappa shape index (κ2) is 8.63. The van der Waals surface area contributed by atoms with Crippen LogP contribution in [0.25, 0.3) is 0 Å². The van der Waals surface area contributed by atoms with Crippen LogP contribution in [-0.4, -0.2) is 29.6 Å². The van der Waals surface area contributed by atoms with Crippen LogP contribution in [0.3, 0.4) is 0 Å². The van der Waals surface area contributed by atoms with E-state index in [-0.39, 0.29) is 35.5 Å². The second-order valence-corrected chi connectivity index (χ2v) is 8.37. The Bertz CT molecular complexity index is 1030. The second-order valence-electron chi connectivity index (χ2n) is 8.37. The molecule has 3 heterocycles. The first-order valence-electron chi connectivity index (χ1n) is 10.8. The lowest BCUT2D eigenvalue weighted by molar-refractivity contribution is 0.0898. The molecule has 5 nitrogen and oxygen atoms in total. The van der Waals surface area contributed by atoms with Crippen molar-refractivity contribution in [3.63, 3.8) is 0 Å². The van der Waals surface area contributed by atoms with Gasteiger partial charge in [0.25, 0.3) is 5.91 Å². The highest BCUT2D eigenvalue weighted by atomic mass is 19.1. The van der Waals surface area contributed by atoms with Crippen molar-refractivity contribution in [3.05, 3.63) is 89.4 Å². The molecule has 2 aromatic carbocycles. The maximum atomic E-state index is 13.0. The normalized spacial score (nSPS) is 24.4. The number of ether oxygens (including phenoxy) is 1. The molecule has 2 saturated heterocycles. The summed E-state index contributed by atoms with van der Waals surface area (Å²) in [5.74, 6) is 0.435. The fourth-order valence-electron chi connectivity index (χ4n) is 4.87. The fourth-order valence-corrected chi connectivity index (χ4v) is 4.87. The number of benzene rings is 2. The van der Waals surface area contributed by atoms with Gasteiger partial charge in [0, 0.05) is 12.5 Å². The molecule has 6 heteroatoms. The highest BCUT2D eigenvalue weighted by Crippen LogP contribution is 2.49. The standard InChI is InChI=1S/C25H25FN2O3/c26-18-8-6-16(7-9-18)12-13-27-24(29)20-15-30-25(28-20)23-19(21-10-11-22(23)31-21)14-17-4-2-1-3-5-17/h1-9,15,19,21-23H,10-14H2,(H,27,29)/t19-,21-,22+,23-/m0/s1. The molecule has 2 aliphatic rings. The van der Waals surface area contributed by atoms with Gasteiger partial charge in [0.05, 0.1) is 18.1 Å². The van der Waals surface area contributed by atoms with Crippen LogP contribution in [0.2, 0.25) is 0 Å². The number of hydrogen-bond donors (Lipinski definition) is 1. The van der Waals surface area contributed by atoms with Gasteiger partial charge in [0.15, 0.2) is 5.69 Å². The number of hydrogen-bond acceptors (Lipinski definition) is 4. The summed E-state index contributed by atoms with van der Waals surface area (Å²) in [5.41, 5.74) is 2.53. The maximum Gasteiger partial charge on any atom is 0.273 e. The van der Waals surface area contributed by atoms with Crippen molar-refractivity contribution >= 4 is 5.91 Å². The molecule has 1 N–H and O–H groups in total. The summed E-state index contributed by atoms with van der Waals surface area (Å²) in [6.45, 7) is 0.445. The molecule has 3 aromatic rings. The van der Waals surface area contributed by atoms with Crippen LogP contribution in [0, 0.1) is 11.7 Å². The van der Waals surface area contributed by atoms with Crippen LogP contribution >= 0.6 is 0 Å². The van der Waals surface area contributed by atoms with E-state index in [0.717, 1.165) is 24.8 Å². The summed E-state index contributed by atoms with van der Waals surface area (Å²) in [6, 6.07) is 16.7. The number of carbonyl (C=O) groups excluding carboxylic acids is 1. The highest BCUT2D eigenvalue weighted by Gasteiger charge is 2.51. The zero-order valence-corrected chi connectivity index (χ0v) is 17.2. The molecule has 31 heavy (non-hydrogen) atoms. The van der Waals surface area contributed by atoms with Crippen LogP contribution in [0.5, 0.6) is 0 Å². The average Bonchev–Trinajstić information content (AvgIpc) is 3.52. The third-order valence-electron chi connectivity index (χ3n) is 6.39. The highest BCUT2D eigenvalue weighted by molar-refractivity contribution is 5.91. The SMILES string of the molecule is O=C(NCCc1ccc(F)cc1)c1coc([C@H]2[C@@H](Cc3ccccc3)[C@@H]3CC[C@H]2O3)n1. The predicted molar refractivity (Wildman–Crippen MR) is 113 cm³/mol. The quantitative estimate of drug-likeness (QED) is 0.619. The van der Waals surface area contributed by atoms with Crippen LogP contribution in [0.1, 0.15) is 46.3 Å². The molecule has 0 aliphatic carbocycles. The monoisotopic (exact) mass is 420 g/mol. The van der Waals surface area contributed by atoms with Crippen molar-refractivity contribution in [2.24, 2.45) is 5.92 Å². The Morgan fingerprint density at radius 3 is 2.61 bits per heavy atom. The van der Waals surface area contributed by atoms with Crippen LogP contribution in [0.4, 0.5) is 4.39 Å². The van der Waals surface area contributed by atoms with Crippen LogP contribution in [-0.2, 0) is 17.6 Å². The smallest absolute Gasteiger partial charge is 0.273 e. The van der Waals surface area contributed by atoms with Gasteiger partial charge in [0.2, 0.25) is 5.89 Å². The van der Waals surface area contributed by atoms with Crippen molar-refractivity contribution in [3.8, 4) is 0 Å². The van der Waals surface area contributed by atoms with E-state index in [1.54, 1.807) is 12.1 Å². The van der Waals surface area contributed by atoms with Crippen LogP contribution in [0.15, 0.2) is 65.3 Å². The van der Waals surface area contributed by atoms with E-state index < -0.39 is 0 Å². The van der Waals surface area contributed by atoms with E-state index in [1.165, 1.54) is 24.0 Å². The summed E-state index contributed by atoms with van der Waals surface area (Å²) < 4.78 is 25.0. The predicted octanol–water partition coefficient (Wildman–Crippen LogP) is 4.29. The Balaban J connectivity index is 1.23. The number of rotatable bonds is 7. The van der Waals surface area contributed by atoms with Gasteiger partial charge in [-0.1, -0.05) is 42.5 Å². The minimum Gasteiger partial charge on any atom is -0.448 e. The number of halogens is 1. The topological polar surface area (TPSA) is 64.4 Å². The number of aromatic nitrogens is 1. The van der Waals surface area contributed by atoms with E-state index >= 15 is 0 Å². The summed E-state index contributed by atoms with van der Waals surface area (Å²) in [5, 5.41) is 2.86. The van der Waals surface area contributed by atoms with Gasteiger partial charge in [0.1, 0.15) is 12.1 Å². The molecule has 2 aliphatic heterocycles. The third-order valence-corrected chi connectivity index (χ3v) is 6.39. The Morgan fingerprint density at radius 2 is 1.81 bits per heavy atom. The van der Waals surface area contributed by atoms with Crippen molar-refractivity contribution in [2.75, 3.05) is 6.54 Å². The lowest BCUT2D eigenvalue weighted by Gasteiger charge is -2.25. The van der Waals surface area contributed by atoms with Gasteiger partial charge in [-0.15, -0.1) is 0 Å². The summed E-state index contributed by atoms with van der Waals surface area (Å²) in [6.07, 6.45) is 5.36. The van der Waals surface area contributed by atoms with Gasteiger partial charge in [-0.25, -0.2) is 9.37 Å². The maximum absolute atomic E-state index is 13.0. The number of nitrogens with zero attached hydrogens (tertiary/aromatic N) is 1. The van der Waals surface area contributed by atoms with Crippen molar-refractivity contribution in [1.29, 1.82) is 0 Å². The number of nitrogens with one attached hydrogen (secondary N) is 1. The van der Waals surface area contributed by atoms with Crippen molar-refractivity contribution in [2.45, 2.75) is 43.8 Å². The lowest BCUT2D eigenvalue weighted by atomic mass is 9.76. The van der Waals surface area contributed by atoms with Gasteiger partial charge >= 0.3 is 0 Å². The minimum atomic E-state index is -0.266. The van der Waals surface area contributed by atoms with Gasteiger partial charge in [-0.3, -0.25) is 4.79 Å². The number of amides is 1. The Labute approximate surface area is 180 Å². The van der Waals surface area contributed by atoms with E-state index in [2.05, 4.69) is 34.6 Å². The molecule has 0 saturated carbocycles. The number of oxazole rings is 1. The first kappa shape index (κ1) is 19.9. The average molecular weight is 420 g/mol. The van der Waals surface area contributed by atoms with Crippen LogP contribution < -0.4 is 5.32 Å². The molecule has 4 atom stereocenters. The molecule has 0 spiro atoms. The molecule has 2 fully saturated rings. The first-order chi connectivity index (χ1) is 15.2. The molecule has 0 unspecified atom stereocenters. The molecule has 1 aromatic heterocycles. The van der Waals surface area contributed by atoms with Crippen molar-refractivity contribution < 1.29 is 18.3 Å². The summed E-state index contributed by atoms with van der Waals surface area (Å²) in [4.78, 5) is 17.1. The van der Waals surface area contributed by atoms with Gasteiger partial charge in [-0.05, 0) is 48.9 Å². The molecular formula is C25H25FN2O3. The number of carbonyl (C=O) groups is 1. The molecule has 2 bridgehead atoms. The zero-order valence-electron chi connectivity index (χ0n) is 17.2. The molecular weight excluding hydrogens is 395 g/mol. The van der Waals surface area contributed by atoms with E-state index in [0.29, 0.717) is 24.8 Å². The fraction of sp³-hybridized carbons (Fsp3) is 0.360. The minimum absolute atomic E-state index is 0.0692.